The van der Waals surface area contributed by atoms with Crippen molar-refractivity contribution in [2.24, 2.45) is 5.73 Å². The minimum atomic E-state index is -0.196. The maximum absolute atomic E-state index is 13.7. The first-order valence-electron chi connectivity index (χ1n) is 5.59. The van der Waals surface area contributed by atoms with E-state index in [1.807, 2.05) is 25.1 Å². The Labute approximate surface area is 100 Å². The highest BCUT2D eigenvalue weighted by atomic mass is 19.1. The molecule has 2 nitrogen and oxygen atoms in total. The number of rotatable bonds is 3. The summed E-state index contributed by atoms with van der Waals surface area (Å²) in [7, 11) is 0. The average molecular weight is 230 g/mol. The molecule has 3 heteroatoms. The molecule has 0 saturated heterocycles. The van der Waals surface area contributed by atoms with Crippen LogP contribution in [0, 0.1) is 5.82 Å². The molecule has 0 aliphatic rings. The summed E-state index contributed by atoms with van der Waals surface area (Å²) in [4.78, 5) is 4.02. The quantitative estimate of drug-likeness (QED) is 0.880. The van der Waals surface area contributed by atoms with Crippen molar-refractivity contribution in [1.29, 1.82) is 0 Å². The Morgan fingerprint density at radius 2 is 2.18 bits per heavy atom. The molecule has 0 saturated carbocycles. The zero-order chi connectivity index (χ0) is 12.3. The van der Waals surface area contributed by atoms with Crippen molar-refractivity contribution in [1.82, 2.24) is 4.98 Å². The molecule has 17 heavy (non-hydrogen) atoms. The van der Waals surface area contributed by atoms with E-state index in [0.717, 1.165) is 11.1 Å². The average Bonchev–Trinajstić information content (AvgIpc) is 2.33. The van der Waals surface area contributed by atoms with Gasteiger partial charge in [-0.3, -0.25) is 4.98 Å². The first-order valence-corrected chi connectivity index (χ1v) is 5.59. The highest BCUT2D eigenvalue weighted by molar-refractivity contribution is 5.31. The number of halogens is 1. The van der Waals surface area contributed by atoms with Gasteiger partial charge in [0.15, 0.2) is 0 Å². The van der Waals surface area contributed by atoms with E-state index in [0.29, 0.717) is 12.0 Å². The SMILES string of the molecule is CC(N)c1ccc(F)c(Cc2cccnc2)c1. The molecule has 0 amide bonds. The van der Waals surface area contributed by atoms with Crippen LogP contribution in [0.2, 0.25) is 0 Å². The fourth-order valence-electron chi connectivity index (χ4n) is 1.74. The second kappa shape index (κ2) is 5.06. The Bertz CT molecular complexity index is 495. The van der Waals surface area contributed by atoms with Crippen LogP contribution in [0.3, 0.4) is 0 Å². The molecule has 1 aromatic carbocycles. The van der Waals surface area contributed by atoms with Gasteiger partial charge in [-0.05, 0) is 35.7 Å². The fraction of sp³-hybridized carbons (Fsp3) is 0.214. The Morgan fingerprint density at radius 1 is 1.35 bits per heavy atom. The Hall–Kier alpha value is -1.74. The standard InChI is InChI=1S/C14H15FN2/c1-10(16)12-4-5-14(15)13(8-12)7-11-3-2-6-17-9-11/h2-6,8-10H,7,16H2,1H3. The van der Waals surface area contributed by atoms with E-state index in [4.69, 9.17) is 5.73 Å². The molecule has 2 aromatic rings. The van der Waals surface area contributed by atoms with Crippen molar-refractivity contribution in [3.63, 3.8) is 0 Å². The lowest BCUT2D eigenvalue weighted by molar-refractivity contribution is 0.611. The molecule has 0 aliphatic heterocycles. The van der Waals surface area contributed by atoms with Crippen molar-refractivity contribution in [3.05, 3.63) is 65.2 Å². The number of hydrogen-bond donors (Lipinski definition) is 1. The van der Waals surface area contributed by atoms with Gasteiger partial charge in [0.2, 0.25) is 0 Å². The first-order chi connectivity index (χ1) is 8.16. The zero-order valence-corrected chi connectivity index (χ0v) is 9.73. The van der Waals surface area contributed by atoms with E-state index in [1.54, 1.807) is 18.5 Å². The van der Waals surface area contributed by atoms with Crippen molar-refractivity contribution >= 4 is 0 Å². The third-order valence-electron chi connectivity index (χ3n) is 2.71. The van der Waals surface area contributed by atoms with Crippen LogP contribution in [0.15, 0.2) is 42.7 Å². The van der Waals surface area contributed by atoms with E-state index >= 15 is 0 Å². The van der Waals surface area contributed by atoms with Crippen LogP contribution in [0.25, 0.3) is 0 Å². The number of nitrogens with two attached hydrogens (primary N) is 1. The summed E-state index contributed by atoms with van der Waals surface area (Å²) in [5.74, 6) is -0.196. The number of benzene rings is 1. The summed E-state index contributed by atoms with van der Waals surface area (Å²) in [6.45, 7) is 1.89. The fourth-order valence-corrected chi connectivity index (χ4v) is 1.74. The van der Waals surface area contributed by atoms with E-state index in [9.17, 15) is 4.39 Å². The highest BCUT2D eigenvalue weighted by Crippen LogP contribution is 2.18. The second-order valence-corrected chi connectivity index (χ2v) is 4.18. The van der Waals surface area contributed by atoms with Gasteiger partial charge in [0.25, 0.3) is 0 Å². The Balaban J connectivity index is 2.29. The summed E-state index contributed by atoms with van der Waals surface area (Å²) < 4.78 is 13.7. The molecule has 1 atom stereocenters. The van der Waals surface area contributed by atoms with Crippen molar-refractivity contribution in [3.8, 4) is 0 Å². The molecular weight excluding hydrogens is 215 g/mol. The molecule has 88 valence electrons. The van der Waals surface area contributed by atoms with Gasteiger partial charge >= 0.3 is 0 Å². The lowest BCUT2D eigenvalue weighted by atomic mass is 10.0. The molecular formula is C14H15FN2. The number of nitrogens with zero attached hydrogens (tertiary/aromatic N) is 1. The van der Waals surface area contributed by atoms with Gasteiger partial charge in [-0.2, -0.15) is 0 Å². The molecule has 0 aliphatic carbocycles. The van der Waals surface area contributed by atoms with Crippen LogP contribution in [-0.4, -0.2) is 4.98 Å². The van der Waals surface area contributed by atoms with Gasteiger partial charge in [0.05, 0.1) is 0 Å². The second-order valence-electron chi connectivity index (χ2n) is 4.18. The number of pyridine rings is 1. The molecule has 2 N–H and O–H groups in total. The molecule has 1 heterocycles. The lowest BCUT2D eigenvalue weighted by Crippen LogP contribution is -2.06. The summed E-state index contributed by atoms with van der Waals surface area (Å²) >= 11 is 0. The highest BCUT2D eigenvalue weighted by Gasteiger charge is 2.07. The van der Waals surface area contributed by atoms with Gasteiger partial charge in [-0.1, -0.05) is 18.2 Å². The summed E-state index contributed by atoms with van der Waals surface area (Å²) in [6.07, 6.45) is 4.00. The molecule has 0 fully saturated rings. The molecule has 0 spiro atoms. The largest absolute Gasteiger partial charge is 0.324 e. The van der Waals surface area contributed by atoms with Crippen molar-refractivity contribution in [2.45, 2.75) is 19.4 Å². The normalized spacial score (nSPS) is 12.4. The third-order valence-corrected chi connectivity index (χ3v) is 2.71. The molecule has 1 unspecified atom stereocenters. The molecule has 1 aromatic heterocycles. The topological polar surface area (TPSA) is 38.9 Å². The van der Waals surface area contributed by atoms with Gasteiger partial charge in [0.1, 0.15) is 5.82 Å². The summed E-state index contributed by atoms with van der Waals surface area (Å²) in [5.41, 5.74) is 8.39. The van der Waals surface area contributed by atoms with Gasteiger partial charge in [-0.25, -0.2) is 4.39 Å². The van der Waals surface area contributed by atoms with Gasteiger partial charge in [0, 0.05) is 24.9 Å². The smallest absolute Gasteiger partial charge is 0.126 e. The summed E-state index contributed by atoms with van der Waals surface area (Å²) in [5, 5.41) is 0. The van der Waals surface area contributed by atoms with Crippen LogP contribution >= 0.6 is 0 Å². The molecule has 2 rings (SSSR count). The van der Waals surface area contributed by atoms with Crippen LogP contribution in [0.1, 0.15) is 29.7 Å². The van der Waals surface area contributed by atoms with E-state index in [1.165, 1.54) is 6.07 Å². The van der Waals surface area contributed by atoms with Crippen molar-refractivity contribution < 1.29 is 4.39 Å². The first kappa shape index (κ1) is 11.7. The predicted octanol–water partition coefficient (Wildman–Crippen LogP) is 2.83. The van der Waals surface area contributed by atoms with Gasteiger partial charge in [-0.15, -0.1) is 0 Å². The minimum Gasteiger partial charge on any atom is -0.324 e. The zero-order valence-electron chi connectivity index (χ0n) is 9.73. The van der Waals surface area contributed by atoms with Crippen LogP contribution < -0.4 is 5.73 Å². The minimum absolute atomic E-state index is 0.0803. The summed E-state index contributed by atoms with van der Waals surface area (Å²) in [6, 6.07) is 8.74. The molecule has 0 bridgehead atoms. The van der Waals surface area contributed by atoms with E-state index < -0.39 is 0 Å². The lowest BCUT2D eigenvalue weighted by Gasteiger charge is -2.09. The van der Waals surface area contributed by atoms with Crippen LogP contribution in [-0.2, 0) is 6.42 Å². The van der Waals surface area contributed by atoms with Crippen LogP contribution in [0.4, 0.5) is 4.39 Å². The number of hydrogen-bond acceptors (Lipinski definition) is 2. The van der Waals surface area contributed by atoms with Crippen LogP contribution in [0.5, 0.6) is 0 Å². The maximum atomic E-state index is 13.7. The monoisotopic (exact) mass is 230 g/mol. The van der Waals surface area contributed by atoms with E-state index in [-0.39, 0.29) is 11.9 Å². The van der Waals surface area contributed by atoms with E-state index in [2.05, 4.69) is 4.98 Å². The third kappa shape index (κ3) is 2.88. The number of aromatic nitrogens is 1. The Morgan fingerprint density at radius 3 is 2.82 bits per heavy atom. The maximum Gasteiger partial charge on any atom is 0.126 e. The predicted molar refractivity (Wildman–Crippen MR) is 66.0 cm³/mol. The van der Waals surface area contributed by atoms with Crippen molar-refractivity contribution in [2.75, 3.05) is 0 Å². The van der Waals surface area contributed by atoms with Gasteiger partial charge < -0.3 is 5.73 Å². The molecule has 0 radical (unpaired) electrons. The Kier molecular flexibility index (Phi) is 3.49.